The lowest BCUT2D eigenvalue weighted by Gasteiger charge is -2.44. The maximum absolute atomic E-state index is 5.64. The van der Waals surface area contributed by atoms with Crippen LogP contribution in [0.15, 0.2) is 24.3 Å². The van der Waals surface area contributed by atoms with Gasteiger partial charge in [0.05, 0.1) is 0 Å². The Morgan fingerprint density at radius 1 is 1.15 bits per heavy atom. The summed E-state index contributed by atoms with van der Waals surface area (Å²) >= 11 is 4.99. The molecule has 108 valence electrons. The molecule has 1 atom stereocenters. The lowest BCUT2D eigenvalue weighted by atomic mass is 9.99. The second-order valence-electron chi connectivity index (χ2n) is 5.98. The van der Waals surface area contributed by atoms with Gasteiger partial charge < -0.3 is 5.73 Å². The molecule has 0 spiro atoms. The summed E-state index contributed by atoms with van der Waals surface area (Å²) in [6, 6.07) is 9.17. The molecule has 1 aromatic rings. The predicted octanol–water partition coefficient (Wildman–Crippen LogP) is 1.99. The molecule has 2 saturated heterocycles. The van der Waals surface area contributed by atoms with Crippen molar-refractivity contribution in [3.63, 3.8) is 0 Å². The van der Waals surface area contributed by atoms with Crippen LogP contribution in [-0.2, 0) is 6.54 Å². The Bertz CT molecular complexity index is 471. The summed E-state index contributed by atoms with van der Waals surface area (Å²) in [6.07, 6.45) is 4.16. The zero-order chi connectivity index (χ0) is 13.9. The highest BCUT2D eigenvalue weighted by Crippen LogP contribution is 2.22. The highest BCUT2D eigenvalue weighted by atomic mass is 32.1. The van der Waals surface area contributed by atoms with E-state index in [4.69, 9.17) is 18.0 Å². The van der Waals surface area contributed by atoms with Crippen LogP contribution in [0.1, 0.15) is 30.4 Å². The molecular weight excluding hydrogens is 266 g/mol. The normalized spacial score (nSPS) is 24.3. The molecule has 20 heavy (non-hydrogen) atoms. The number of thiocarbonyl (C=S) groups is 1. The van der Waals surface area contributed by atoms with Crippen molar-refractivity contribution in [3.8, 4) is 0 Å². The molecule has 3 nitrogen and oxygen atoms in total. The highest BCUT2D eigenvalue weighted by Gasteiger charge is 2.28. The molecule has 2 fully saturated rings. The van der Waals surface area contributed by atoms with Crippen molar-refractivity contribution in [2.75, 3.05) is 26.2 Å². The third-order valence-electron chi connectivity index (χ3n) is 4.57. The van der Waals surface area contributed by atoms with Gasteiger partial charge in [0.1, 0.15) is 4.99 Å². The molecule has 4 heteroatoms. The monoisotopic (exact) mass is 289 g/mol. The minimum absolute atomic E-state index is 0.479. The van der Waals surface area contributed by atoms with Gasteiger partial charge in [-0.25, -0.2) is 0 Å². The smallest absolute Gasteiger partial charge is 0.103 e. The van der Waals surface area contributed by atoms with E-state index in [1.165, 1.54) is 51.0 Å². The van der Waals surface area contributed by atoms with E-state index in [1.54, 1.807) is 0 Å². The number of benzene rings is 1. The van der Waals surface area contributed by atoms with Crippen LogP contribution < -0.4 is 5.73 Å². The van der Waals surface area contributed by atoms with Crippen molar-refractivity contribution in [2.24, 2.45) is 5.73 Å². The third-order valence-corrected chi connectivity index (χ3v) is 4.80. The number of piperidine rings is 1. The number of nitrogens with zero attached hydrogens (tertiary/aromatic N) is 2. The first kappa shape index (κ1) is 14.0. The van der Waals surface area contributed by atoms with Crippen LogP contribution in [0.2, 0.25) is 0 Å². The Morgan fingerprint density at radius 2 is 1.95 bits per heavy atom. The van der Waals surface area contributed by atoms with E-state index in [0.29, 0.717) is 4.99 Å². The van der Waals surface area contributed by atoms with E-state index in [-0.39, 0.29) is 0 Å². The summed E-state index contributed by atoms with van der Waals surface area (Å²) in [4.78, 5) is 5.74. The number of rotatable bonds is 3. The van der Waals surface area contributed by atoms with Crippen LogP contribution in [0.3, 0.4) is 0 Å². The first-order valence-corrected chi connectivity index (χ1v) is 7.98. The van der Waals surface area contributed by atoms with Crippen molar-refractivity contribution in [1.82, 2.24) is 9.80 Å². The lowest BCUT2D eigenvalue weighted by Crippen LogP contribution is -2.54. The van der Waals surface area contributed by atoms with Crippen LogP contribution in [0.4, 0.5) is 0 Å². The maximum Gasteiger partial charge on any atom is 0.103 e. The Hall–Kier alpha value is -0.970. The average molecular weight is 289 g/mol. The molecule has 1 aromatic carbocycles. The molecule has 2 aliphatic heterocycles. The Labute approximate surface area is 126 Å². The first-order valence-electron chi connectivity index (χ1n) is 7.57. The zero-order valence-corrected chi connectivity index (χ0v) is 12.7. The summed E-state index contributed by atoms with van der Waals surface area (Å²) < 4.78 is 0. The Morgan fingerprint density at radius 3 is 2.70 bits per heavy atom. The Kier molecular flexibility index (Phi) is 4.34. The van der Waals surface area contributed by atoms with Gasteiger partial charge in [0.25, 0.3) is 0 Å². The molecule has 2 aliphatic rings. The molecule has 0 bridgehead atoms. The highest BCUT2D eigenvalue weighted by molar-refractivity contribution is 7.80. The molecule has 2 heterocycles. The summed E-state index contributed by atoms with van der Waals surface area (Å²) in [5.74, 6) is 0. The van der Waals surface area contributed by atoms with Gasteiger partial charge in [-0.15, -0.1) is 0 Å². The SMILES string of the molecule is NC(=S)c1ccc(CN2CCN3CCCCC3C2)cc1. The number of nitrogens with two attached hydrogens (primary N) is 1. The molecular formula is C16H23N3S. The van der Waals surface area contributed by atoms with Gasteiger partial charge in [0.15, 0.2) is 0 Å². The fraction of sp³-hybridized carbons (Fsp3) is 0.562. The quantitative estimate of drug-likeness (QED) is 0.863. The van der Waals surface area contributed by atoms with Crippen molar-refractivity contribution in [3.05, 3.63) is 35.4 Å². The van der Waals surface area contributed by atoms with Gasteiger partial charge in [0.2, 0.25) is 0 Å². The molecule has 1 unspecified atom stereocenters. The predicted molar refractivity (Wildman–Crippen MR) is 86.8 cm³/mol. The van der Waals surface area contributed by atoms with E-state index in [1.807, 2.05) is 12.1 Å². The van der Waals surface area contributed by atoms with E-state index >= 15 is 0 Å². The number of piperazine rings is 1. The fourth-order valence-corrected chi connectivity index (χ4v) is 3.53. The third kappa shape index (κ3) is 3.19. The van der Waals surface area contributed by atoms with E-state index in [9.17, 15) is 0 Å². The molecule has 3 rings (SSSR count). The average Bonchev–Trinajstić information content (AvgIpc) is 2.48. The van der Waals surface area contributed by atoms with Crippen LogP contribution in [0, 0.1) is 0 Å². The molecule has 0 saturated carbocycles. The molecule has 0 amide bonds. The van der Waals surface area contributed by atoms with Crippen molar-refractivity contribution in [1.29, 1.82) is 0 Å². The van der Waals surface area contributed by atoms with Crippen molar-refractivity contribution in [2.45, 2.75) is 31.8 Å². The lowest BCUT2D eigenvalue weighted by molar-refractivity contribution is 0.0457. The summed E-state index contributed by atoms with van der Waals surface area (Å²) in [5.41, 5.74) is 7.95. The number of hydrogen-bond acceptors (Lipinski definition) is 3. The topological polar surface area (TPSA) is 32.5 Å². The van der Waals surface area contributed by atoms with Gasteiger partial charge in [-0.3, -0.25) is 9.80 Å². The molecule has 2 N–H and O–H groups in total. The Balaban J connectivity index is 1.59. The van der Waals surface area contributed by atoms with Gasteiger partial charge in [0, 0.05) is 37.8 Å². The summed E-state index contributed by atoms with van der Waals surface area (Å²) in [7, 11) is 0. The maximum atomic E-state index is 5.64. The van der Waals surface area contributed by atoms with Crippen LogP contribution in [0.5, 0.6) is 0 Å². The number of hydrogen-bond donors (Lipinski definition) is 1. The van der Waals surface area contributed by atoms with Gasteiger partial charge in [-0.1, -0.05) is 42.9 Å². The molecule has 0 radical (unpaired) electrons. The molecule has 0 aromatic heterocycles. The van der Waals surface area contributed by atoms with E-state index in [0.717, 1.165) is 18.2 Å². The summed E-state index contributed by atoms with van der Waals surface area (Å²) in [5, 5.41) is 0. The number of fused-ring (bicyclic) bond motifs is 1. The van der Waals surface area contributed by atoms with Crippen LogP contribution in [0.25, 0.3) is 0 Å². The van der Waals surface area contributed by atoms with Gasteiger partial charge in [-0.2, -0.15) is 0 Å². The fourth-order valence-electron chi connectivity index (χ4n) is 3.40. The second kappa shape index (κ2) is 6.20. The van der Waals surface area contributed by atoms with E-state index < -0.39 is 0 Å². The first-order chi connectivity index (χ1) is 9.72. The van der Waals surface area contributed by atoms with Gasteiger partial charge >= 0.3 is 0 Å². The van der Waals surface area contributed by atoms with Crippen LogP contribution >= 0.6 is 12.2 Å². The largest absolute Gasteiger partial charge is 0.389 e. The van der Waals surface area contributed by atoms with Crippen molar-refractivity contribution < 1.29 is 0 Å². The van der Waals surface area contributed by atoms with E-state index in [2.05, 4.69) is 21.9 Å². The van der Waals surface area contributed by atoms with Gasteiger partial charge in [-0.05, 0) is 24.9 Å². The minimum Gasteiger partial charge on any atom is -0.389 e. The van der Waals surface area contributed by atoms with Crippen molar-refractivity contribution >= 4 is 17.2 Å². The molecule has 0 aliphatic carbocycles. The van der Waals surface area contributed by atoms with Crippen LogP contribution in [-0.4, -0.2) is 47.0 Å². The standard InChI is InChI=1S/C16H23N3S/c17-16(20)14-6-4-13(5-7-14)11-18-9-10-19-8-2-1-3-15(19)12-18/h4-7,15H,1-3,8-12H2,(H2,17,20). The second-order valence-corrected chi connectivity index (χ2v) is 6.42. The zero-order valence-electron chi connectivity index (χ0n) is 11.9. The summed E-state index contributed by atoms with van der Waals surface area (Å²) in [6.45, 7) is 5.99. The minimum atomic E-state index is 0.479.